The van der Waals surface area contributed by atoms with Crippen molar-refractivity contribution in [1.29, 1.82) is 0 Å². The Labute approximate surface area is 141 Å². The summed E-state index contributed by atoms with van der Waals surface area (Å²) in [7, 11) is 1.62. The van der Waals surface area contributed by atoms with E-state index in [1.54, 1.807) is 7.11 Å². The van der Waals surface area contributed by atoms with Gasteiger partial charge in [-0.3, -0.25) is 9.69 Å². The Balaban J connectivity index is 1.44. The summed E-state index contributed by atoms with van der Waals surface area (Å²) < 4.78 is 10.5. The van der Waals surface area contributed by atoms with Gasteiger partial charge in [0.15, 0.2) is 0 Å². The first kappa shape index (κ1) is 16.7. The van der Waals surface area contributed by atoms with Crippen LogP contribution in [0.1, 0.15) is 12.0 Å². The lowest BCUT2D eigenvalue weighted by Crippen LogP contribution is -2.43. The molecule has 130 valence electrons. The molecular formula is C17H23N3O4. The molecule has 7 nitrogen and oxygen atoms in total. The zero-order chi connectivity index (χ0) is 16.8. The van der Waals surface area contributed by atoms with Crippen molar-refractivity contribution in [3.05, 3.63) is 29.8 Å². The summed E-state index contributed by atoms with van der Waals surface area (Å²) in [5.41, 5.74) is 1.68. The first-order valence-corrected chi connectivity index (χ1v) is 8.21. The Morgan fingerprint density at radius 2 is 2.25 bits per heavy atom. The van der Waals surface area contributed by atoms with Crippen LogP contribution in [-0.4, -0.2) is 69.1 Å². The zero-order valence-corrected chi connectivity index (χ0v) is 13.9. The van der Waals surface area contributed by atoms with Crippen molar-refractivity contribution in [3.63, 3.8) is 0 Å². The Kier molecular flexibility index (Phi) is 5.66. The van der Waals surface area contributed by atoms with E-state index >= 15 is 0 Å². The van der Waals surface area contributed by atoms with Gasteiger partial charge < -0.3 is 19.6 Å². The standard InChI is InChI=1S/C17H23N3O4/c1-22-14-4-2-3-13(11-14)15-12-16(24-19-15)17(21)18-5-6-20-7-9-23-10-8-20/h2-4,11,16H,5-10,12H2,1H3,(H,18,21)/t16-/m0/s1. The molecule has 0 radical (unpaired) electrons. The monoisotopic (exact) mass is 333 g/mol. The Morgan fingerprint density at radius 1 is 1.42 bits per heavy atom. The van der Waals surface area contributed by atoms with Crippen molar-refractivity contribution in [1.82, 2.24) is 10.2 Å². The van der Waals surface area contributed by atoms with Gasteiger partial charge in [0.05, 0.1) is 26.0 Å². The third-order valence-electron chi connectivity index (χ3n) is 4.20. The number of rotatable bonds is 6. The molecule has 7 heteroatoms. The van der Waals surface area contributed by atoms with Gasteiger partial charge in [-0.25, -0.2) is 0 Å². The number of oxime groups is 1. The summed E-state index contributed by atoms with van der Waals surface area (Å²) >= 11 is 0. The number of hydrogen-bond donors (Lipinski definition) is 1. The number of carbonyl (C=O) groups is 1. The van der Waals surface area contributed by atoms with Crippen LogP contribution in [0.5, 0.6) is 5.75 Å². The minimum Gasteiger partial charge on any atom is -0.497 e. The lowest BCUT2D eigenvalue weighted by atomic mass is 10.0. The molecule has 0 aromatic heterocycles. The molecule has 1 aromatic carbocycles. The fraction of sp³-hybridized carbons (Fsp3) is 0.529. The molecule has 0 spiro atoms. The van der Waals surface area contributed by atoms with Crippen LogP contribution in [0.2, 0.25) is 0 Å². The third kappa shape index (κ3) is 4.24. The SMILES string of the molecule is COc1cccc(C2=NO[C@H](C(=O)NCCN3CCOCC3)C2)c1. The normalized spacial score (nSPS) is 21.0. The van der Waals surface area contributed by atoms with Gasteiger partial charge >= 0.3 is 0 Å². The van der Waals surface area contributed by atoms with Crippen molar-refractivity contribution in [2.75, 3.05) is 46.5 Å². The highest BCUT2D eigenvalue weighted by atomic mass is 16.6. The van der Waals surface area contributed by atoms with Gasteiger partial charge in [-0.05, 0) is 12.1 Å². The topological polar surface area (TPSA) is 72.4 Å². The van der Waals surface area contributed by atoms with Crippen LogP contribution in [-0.2, 0) is 14.4 Å². The van der Waals surface area contributed by atoms with Gasteiger partial charge in [0.2, 0.25) is 6.10 Å². The van der Waals surface area contributed by atoms with E-state index in [0.717, 1.165) is 49.9 Å². The van der Waals surface area contributed by atoms with Crippen molar-refractivity contribution in [2.24, 2.45) is 5.16 Å². The molecule has 24 heavy (non-hydrogen) atoms. The Bertz CT molecular complexity index is 599. The van der Waals surface area contributed by atoms with Crippen LogP contribution in [0.25, 0.3) is 0 Å². The number of amides is 1. The summed E-state index contributed by atoms with van der Waals surface area (Å²) in [4.78, 5) is 19.8. The third-order valence-corrected chi connectivity index (χ3v) is 4.20. The quantitative estimate of drug-likeness (QED) is 0.827. The number of nitrogens with zero attached hydrogens (tertiary/aromatic N) is 2. The number of ether oxygens (including phenoxy) is 2. The molecule has 2 aliphatic rings. The zero-order valence-electron chi connectivity index (χ0n) is 13.9. The summed E-state index contributed by atoms with van der Waals surface area (Å²) in [6.07, 6.45) is -0.0906. The predicted octanol–water partition coefficient (Wildman–Crippen LogP) is 0.637. The summed E-state index contributed by atoms with van der Waals surface area (Å²) in [5.74, 6) is 0.638. The minimum atomic E-state index is -0.559. The molecule has 0 aliphatic carbocycles. The summed E-state index contributed by atoms with van der Waals surface area (Å²) in [6, 6.07) is 7.59. The first-order chi connectivity index (χ1) is 11.8. The van der Waals surface area contributed by atoms with E-state index in [1.165, 1.54) is 0 Å². The van der Waals surface area contributed by atoms with E-state index in [2.05, 4.69) is 15.4 Å². The van der Waals surface area contributed by atoms with Crippen LogP contribution in [0.3, 0.4) is 0 Å². The second-order valence-electron chi connectivity index (χ2n) is 5.81. The molecule has 1 saturated heterocycles. The van der Waals surface area contributed by atoms with Crippen molar-refractivity contribution < 1.29 is 19.1 Å². The van der Waals surface area contributed by atoms with Crippen molar-refractivity contribution in [2.45, 2.75) is 12.5 Å². The maximum Gasteiger partial charge on any atom is 0.264 e. The highest BCUT2D eigenvalue weighted by Crippen LogP contribution is 2.20. The fourth-order valence-electron chi connectivity index (χ4n) is 2.77. The summed E-state index contributed by atoms with van der Waals surface area (Å²) in [6.45, 7) is 4.78. The van der Waals surface area contributed by atoms with Gasteiger partial charge in [0, 0.05) is 38.2 Å². The average molecular weight is 333 g/mol. The van der Waals surface area contributed by atoms with Crippen LogP contribution in [0.4, 0.5) is 0 Å². The molecule has 2 aliphatic heterocycles. The van der Waals surface area contributed by atoms with Gasteiger partial charge in [0.25, 0.3) is 5.91 Å². The van der Waals surface area contributed by atoms with E-state index in [-0.39, 0.29) is 5.91 Å². The summed E-state index contributed by atoms with van der Waals surface area (Å²) in [5, 5.41) is 6.98. The molecule has 1 fully saturated rings. The molecule has 1 N–H and O–H groups in total. The van der Waals surface area contributed by atoms with Gasteiger partial charge in [-0.1, -0.05) is 17.3 Å². The Hall–Kier alpha value is -2.12. The first-order valence-electron chi connectivity index (χ1n) is 8.21. The van der Waals surface area contributed by atoms with Gasteiger partial charge in [0.1, 0.15) is 5.75 Å². The lowest BCUT2D eigenvalue weighted by molar-refractivity contribution is -0.131. The molecule has 2 heterocycles. The van der Waals surface area contributed by atoms with E-state index in [4.69, 9.17) is 14.3 Å². The van der Waals surface area contributed by atoms with Crippen molar-refractivity contribution in [3.8, 4) is 5.75 Å². The van der Waals surface area contributed by atoms with Crippen LogP contribution < -0.4 is 10.1 Å². The maximum absolute atomic E-state index is 12.2. The number of carbonyl (C=O) groups excluding carboxylic acids is 1. The molecule has 0 unspecified atom stereocenters. The smallest absolute Gasteiger partial charge is 0.264 e. The van der Waals surface area contributed by atoms with Crippen LogP contribution in [0, 0.1) is 0 Å². The van der Waals surface area contributed by atoms with Crippen molar-refractivity contribution >= 4 is 11.6 Å². The van der Waals surface area contributed by atoms with E-state index in [9.17, 15) is 4.79 Å². The van der Waals surface area contributed by atoms with E-state index in [0.29, 0.717) is 13.0 Å². The average Bonchev–Trinajstić information content (AvgIpc) is 3.13. The second kappa shape index (κ2) is 8.12. The van der Waals surface area contributed by atoms with E-state index < -0.39 is 6.10 Å². The molecule has 0 bridgehead atoms. The molecule has 1 amide bonds. The molecule has 1 aromatic rings. The number of nitrogens with one attached hydrogen (secondary N) is 1. The predicted molar refractivity (Wildman–Crippen MR) is 89.3 cm³/mol. The molecular weight excluding hydrogens is 310 g/mol. The van der Waals surface area contributed by atoms with Gasteiger partial charge in [-0.2, -0.15) is 0 Å². The Morgan fingerprint density at radius 3 is 3.04 bits per heavy atom. The second-order valence-corrected chi connectivity index (χ2v) is 5.81. The number of methoxy groups -OCH3 is 1. The highest BCUT2D eigenvalue weighted by molar-refractivity contribution is 6.04. The van der Waals surface area contributed by atoms with E-state index in [1.807, 2.05) is 24.3 Å². The molecule has 3 rings (SSSR count). The highest BCUT2D eigenvalue weighted by Gasteiger charge is 2.28. The number of morpholine rings is 1. The number of benzene rings is 1. The van der Waals surface area contributed by atoms with Crippen LogP contribution in [0.15, 0.2) is 29.4 Å². The number of hydrogen-bond acceptors (Lipinski definition) is 6. The minimum absolute atomic E-state index is 0.120. The van der Waals surface area contributed by atoms with Gasteiger partial charge in [-0.15, -0.1) is 0 Å². The molecule has 0 saturated carbocycles. The largest absolute Gasteiger partial charge is 0.497 e. The lowest BCUT2D eigenvalue weighted by Gasteiger charge is -2.26. The van der Waals surface area contributed by atoms with Crippen LogP contribution >= 0.6 is 0 Å². The molecule has 1 atom stereocenters. The fourth-order valence-corrected chi connectivity index (χ4v) is 2.77. The maximum atomic E-state index is 12.2.